The van der Waals surface area contributed by atoms with Gasteiger partial charge in [0.1, 0.15) is 0 Å². The summed E-state index contributed by atoms with van der Waals surface area (Å²) in [6, 6.07) is 15.4. The van der Waals surface area contributed by atoms with Crippen LogP contribution < -0.4 is 5.32 Å². The highest BCUT2D eigenvalue weighted by Crippen LogP contribution is 2.42. The van der Waals surface area contributed by atoms with Crippen LogP contribution >= 0.6 is 27.5 Å². The molecule has 1 N–H and O–H groups in total. The number of benzene rings is 2. The number of hydrogen-bond acceptors (Lipinski definition) is 1. The molecule has 0 aromatic heterocycles. The van der Waals surface area contributed by atoms with Crippen LogP contribution in [0.5, 0.6) is 0 Å². The van der Waals surface area contributed by atoms with E-state index >= 15 is 0 Å². The second-order valence-electron chi connectivity index (χ2n) is 5.76. The van der Waals surface area contributed by atoms with Crippen molar-refractivity contribution in [3.8, 4) is 0 Å². The summed E-state index contributed by atoms with van der Waals surface area (Å²) in [5.74, 6) is 0.0784. The molecule has 4 heteroatoms. The molecule has 0 bridgehead atoms. The van der Waals surface area contributed by atoms with E-state index in [-0.39, 0.29) is 5.91 Å². The molecule has 2 aromatic rings. The maximum Gasteiger partial charge on any atom is 0.235 e. The van der Waals surface area contributed by atoms with Gasteiger partial charge < -0.3 is 5.32 Å². The summed E-state index contributed by atoms with van der Waals surface area (Å²) in [5.41, 5.74) is 1.47. The Morgan fingerprint density at radius 3 is 2.18 bits per heavy atom. The summed E-state index contributed by atoms with van der Waals surface area (Å²) in [4.78, 5) is 13.0. The third kappa shape index (κ3) is 3.06. The van der Waals surface area contributed by atoms with Crippen LogP contribution in [0.4, 0.5) is 5.69 Å². The Labute approximate surface area is 144 Å². The number of halogens is 2. The number of carbonyl (C=O) groups excluding carboxylic acids is 1. The van der Waals surface area contributed by atoms with E-state index in [2.05, 4.69) is 33.4 Å². The van der Waals surface area contributed by atoms with E-state index in [0.29, 0.717) is 5.02 Å². The predicted octanol–water partition coefficient (Wildman–Crippen LogP) is 5.55. The Hall–Kier alpha value is -1.32. The van der Waals surface area contributed by atoms with Crippen molar-refractivity contribution in [1.82, 2.24) is 0 Å². The molecule has 1 aliphatic rings. The third-order valence-electron chi connectivity index (χ3n) is 4.39. The molecule has 0 spiro atoms. The molecule has 2 nitrogen and oxygen atoms in total. The molecule has 0 saturated heterocycles. The molecule has 1 amide bonds. The van der Waals surface area contributed by atoms with Gasteiger partial charge in [-0.05, 0) is 54.8 Å². The zero-order valence-corrected chi connectivity index (χ0v) is 14.5. The zero-order chi connectivity index (χ0) is 15.6. The summed E-state index contributed by atoms with van der Waals surface area (Å²) in [7, 11) is 0. The molecule has 0 aliphatic heterocycles. The lowest BCUT2D eigenvalue weighted by Gasteiger charge is -2.28. The van der Waals surface area contributed by atoms with E-state index in [1.165, 1.54) is 0 Å². The van der Waals surface area contributed by atoms with Crippen molar-refractivity contribution in [2.75, 3.05) is 5.32 Å². The van der Waals surface area contributed by atoms with Gasteiger partial charge in [-0.15, -0.1) is 0 Å². The van der Waals surface area contributed by atoms with Crippen molar-refractivity contribution in [1.29, 1.82) is 0 Å². The molecule has 1 saturated carbocycles. The van der Waals surface area contributed by atoms with Crippen molar-refractivity contribution in [3.05, 3.63) is 63.6 Å². The van der Waals surface area contributed by atoms with Crippen LogP contribution in [0, 0.1) is 0 Å². The summed E-state index contributed by atoms with van der Waals surface area (Å²) in [5, 5.41) is 3.72. The fourth-order valence-electron chi connectivity index (χ4n) is 3.18. The molecule has 1 aliphatic carbocycles. The van der Waals surface area contributed by atoms with Crippen LogP contribution in [0.1, 0.15) is 31.2 Å². The highest BCUT2D eigenvalue weighted by molar-refractivity contribution is 9.10. The first-order valence-corrected chi connectivity index (χ1v) is 8.60. The molecular formula is C18H17BrClNO. The second-order valence-corrected chi connectivity index (χ2v) is 7.11. The first-order valence-electron chi connectivity index (χ1n) is 7.43. The molecule has 0 atom stereocenters. The minimum absolute atomic E-state index is 0.0784. The summed E-state index contributed by atoms with van der Waals surface area (Å²) < 4.78 is 1.03. The first-order chi connectivity index (χ1) is 10.6. The highest BCUT2D eigenvalue weighted by Gasteiger charge is 2.42. The van der Waals surface area contributed by atoms with Gasteiger partial charge in [0.25, 0.3) is 0 Å². The molecule has 1 fully saturated rings. The summed E-state index contributed by atoms with van der Waals surface area (Å²) in [6.07, 6.45) is 3.97. The van der Waals surface area contributed by atoms with Crippen LogP contribution in [0.25, 0.3) is 0 Å². The van der Waals surface area contributed by atoms with Crippen LogP contribution in [-0.2, 0) is 10.2 Å². The number of carbonyl (C=O) groups is 1. The van der Waals surface area contributed by atoms with E-state index in [1.807, 2.05) is 24.3 Å². The van der Waals surface area contributed by atoms with Crippen LogP contribution in [-0.4, -0.2) is 5.91 Å². The van der Waals surface area contributed by atoms with Gasteiger partial charge in [-0.3, -0.25) is 4.79 Å². The van der Waals surface area contributed by atoms with Crippen molar-refractivity contribution in [2.24, 2.45) is 0 Å². The normalized spacial score (nSPS) is 16.5. The number of amides is 1. The van der Waals surface area contributed by atoms with Gasteiger partial charge in [-0.2, -0.15) is 0 Å². The highest BCUT2D eigenvalue weighted by atomic mass is 79.9. The van der Waals surface area contributed by atoms with Crippen LogP contribution in [0.2, 0.25) is 5.02 Å². The molecule has 0 heterocycles. The Kier molecular flexibility index (Phi) is 4.55. The minimum Gasteiger partial charge on any atom is -0.325 e. The SMILES string of the molecule is O=C(Nc1ccc(Cl)cc1)C1(c2ccc(Br)cc2)CCCC1. The molecule has 3 rings (SSSR count). The lowest BCUT2D eigenvalue weighted by atomic mass is 9.78. The fourth-order valence-corrected chi connectivity index (χ4v) is 3.57. The van der Waals surface area contributed by atoms with E-state index < -0.39 is 5.41 Å². The van der Waals surface area contributed by atoms with Crippen molar-refractivity contribution in [2.45, 2.75) is 31.1 Å². The fraction of sp³-hybridized carbons (Fsp3) is 0.278. The van der Waals surface area contributed by atoms with Crippen molar-refractivity contribution in [3.63, 3.8) is 0 Å². The van der Waals surface area contributed by atoms with Gasteiger partial charge >= 0.3 is 0 Å². The average molecular weight is 379 g/mol. The molecule has 0 unspecified atom stereocenters. The smallest absolute Gasteiger partial charge is 0.235 e. The predicted molar refractivity (Wildman–Crippen MR) is 94.4 cm³/mol. The number of nitrogens with one attached hydrogen (secondary N) is 1. The van der Waals surface area contributed by atoms with Crippen molar-refractivity contribution >= 4 is 39.1 Å². The Bertz CT molecular complexity index is 660. The Balaban J connectivity index is 1.88. The quantitative estimate of drug-likeness (QED) is 0.745. The van der Waals surface area contributed by atoms with E-state index in [0.717, 1.165) is 41.4 Å². The molecule has 2 aromatic carbocycles. The maximum atomic E-state index is 13.0. The van der Waals surface area contributed by atoms with Gasteiger partial charge in [0.2, 0.25) is 5.91 Å². The van der Waals surface area contributed by atoms with E-state index in [4.69, 9.17) is 11.6 Å². The standard InChI is InChI=1S/C18H17BrClNO/c19-14-5-3-13(4-6-14)18(11-1-2-12-18)17(22)21-16-9-7-15(20)8-10-16/h3-10H,1-2,11-12H2,(H,21,22). The van der Waals surface area contributed by atoms with Crippen LogP contribution in [0.3, 0.4) is 0 Å². The van der Waals surface area contributed by atoms with Gasteiger partial charge in [0.05, 0.1) is 5.41 Å². The van der Waals surface area contributed by atoms with Crippen LogP contribution in [0.15, 0.2) is 53.0 Å². The monoisotopic (exact) mass is 377 g/mol. The minimum atomic E-state index is -0.416. The molecular weight excluding hydrogens is 362 g/mol. The zero-order valence-electron chi connectivity index (χ0n) is 12.1. The van der Waals surface area contributed by atoms with Gasteiger partial charge in [-0.1, -0.05) is 52.5 Å². The molecule has 114 valence electrons. The second kappa shape index (κ2) is 6.43. The lowest BCUT2D eigenvalue weighted by Crippen LogP contribution is -2.37. The largest absolute Gasteiger partial charge is 0.325 e. The lowest BCUT2D eigenvalue weighted by molar-refractivity contribution is -0.121. The van der Waals surface area contributed by atoms with Gasteiger partial charge in [0, 0.05) is 15.2 Å². The average Bonchev–Trinajstić information content (AvgIpc) is 3.01. The Morgan fingerprint density at radius 1 is 1.00 bits per heavy atom. The van der Waals surface area contributed by atoms with Gasteiger partial charge in [0.15, 0.2) is 0 Å². The number of anilines is 1. The third-order valence-corrected chi connectivity index (χ3v) is 5.17. The van der Waals surface area contributed by atoms with Crippen molar-refractivity contribution < 1.29 is 4.79 Å². The topological polar surface area (TPSA) is 29.1 Å². The number of hydrogen-bond donors (Lipinski definition) is 1. The number of rotatable bonds is 3. The van der Waals surface area contributed by atoms with Gasteiger partial charge in [-0.25, -0.2) is 0 Å². The Morgan fingerprint density at radius 2 is 1.59 bits per heavy atom. The summed E-state index contributed by atoms with van der Waals surface area (Å²) in [6.45, 7) is 0. The maximum absolute atomic E-state index is 13.0. The van der Waals surface area contributed by atoms with E-state index in [1.54, 1.807) is 12.1 Å². The summed E-state index contributed by atoms with van der Waals surface area (Å²) >= 11 is 9.35. The molecule has 0 radical (unpaired) electrons. The van der Waals surface area contributed by atoms with E-state index in [9.17, 15) is 4.79 Å². The molecule has 22 heavy (non-hydrogen) atoms. The first kappa shape index (κ1) is 15.6.